The molecular weight excluding hydrogens is 332 g/mol. The number of hydrogen-bond acceptors (Lipinski definition) is 5. The van der Waals surface area contributed by atoms with Crippen molar-refractivity contribution in [1.82, 2.24) is 15.1 Å². The van der Waals surface area contributed by atoms with Gasteiger partial charge in [-0.3, -0.25) is 14.5 Å². The van der Waals surface area contributed by atoms with Crippen LogP contribution in [-0.2, 0) is 14.8 Å². The van der Waals surface area contributed by atoms with Crippen molar-refractivity contribution in [3.05, 3.63) is 29.3 Å². The first-order valence-electron chi connectivity index (χ1n) is 7.72. The number of piperazine rings is 2. The number of nitrogens with zero attached hydrogens (tertiary/aromatic N) is 2. The van der Waals surface area contributed by atoms with Crippen molar-refractivity contribution in [3.63, 3.8) is 0 Å². The van der Waals surface area contributed by atoms with Gasteiger partial charge in [-0.15, -0.1) is 0 Å². The number of carbonyl (C=O) groups is 2. The molecule has 24 heavy (non-hydrogen) atoms. The molecule has 0 radical (unpaired) electrons. The highest BCUT2D eigenvalue weighted by Gasteiger charge is 2.36. The molecular formula is C15H20N4O4S. The van der Waals surface area contributed by atoms with Gasteiger partial charge in [0.15, 0.2) is 0 Å². The van der Waals surface area contributed by atoms with Crippen LogP contribution in [0.25, 0.3) is 0 Å². The SMILES string of the molecule is Cc1ccc(S(N)(=O)=O)cc1C(=O)N1CCN2CCNC(=O)[C@H]2C1. The Balaban J connectivity index is 1.85. The van der Waals surface area contributed by atoms with Crippen LogP contribution in [0.4, 0.5) is 0 Å². The number of nitrogens with one attached hydrogen (secondary N) is 1. The van der Waals surface area contributed by atoms with Gasteiger partial charge < -0.3 is 10.2 Å². The average molecular weight is 352 g/mol. The molecule has 1 atom stereocenters. The number of fused-ring (bicyclic) bond motifs is 1. The summed E-state index contributed by atoms with van der Waals surface area (Å²) in [5.41, 5.74) is 0.967. The number of benzene rings is 1. The van der Waals surface area contributed by atoms with Crippen molar-refractivity contribution in [1.29, 1.82) is 0 Å². The third-order valence-electron chi connectivity index (χ3n) is 4.55. The van der Waals surface area contributed by atoms with Crippen LogP contribution >= 0.6 is 0 Å². The quantitative estimate of drug-likeness (QED) is 0.701. The summed E-state index contributed by atoms with van der Waals surface area (Å²) in [5.74, 6) is -0.357. The third kappa shape index (κ3) is 3.14. The summed E-state index contributed by atoms with van der Waals surface area (Å²) < 4.78 is 23.0. The second-order valence-electron chi connectivity index (χ2n) is 6.12. The van der Waals surface area contributed by atoms with Crippen LogP contribution in [0.15, 0.2) is 23.1 Å². The predicted octanol–water partition coefficient (Wildman–Crippen LogP) is -1.10. The minimum Gasteiger partial charge on any atom is -0.353 e. The molecule has 2 aliphatic rings. The molecule has 3 N–H and O–H groups in total. The zero-order valence-corrected chi connectivity index (χ0v) is 14.2. The lowest BCUT2D eigenvalue weighted by atomic mass is 10.0. The minimum atomic E-state index is -3.88. The highest BCUT2D eigenvalue weighted by molar-refractivity contribution is 7.89. The molecule has 0 aliphatic carbocycles. The fourth-order valence-corrected chi connectivity index (χ4v) is 3.68. The Morgan fingerprint density at radius 3 is 2.75 bits per heavy atom. The lowest BCUT2D eigenvalue weighted by Crippen LogP contribution is -2.64. The summed E-state index contributed by atoms with van der Waals surface area (Å²) in [6.07, 6.45) is 0. The number of sulfonamides is 1. The summed E-state index contributed by atoms with van der Waals surface area (Å²) in [5, 5.41) is 7.95. The molecule has 1 aromatic rings. The maximum atomic E-state index is 12.8. The van der Waals surface area contributed by atoms with E-state index >= 15 is 0 Å². The van der Waals surface area contributed by atoms with E-state index in [2.05, 4.69) is 10.2 Å². The average Bonchev–Trinajstić information content (AvgIpc) is 2.54. The molecule has 2 aliphatic heterocycles. The molecule has 0 aromatic heterocycles. The van der Waals surface area contributed by atoms with Gasteiger partial charge in [0.1, 0.15) is 6.04 Å². The van der Waals surface area contributed by atoms with Gasteiger partial charge in [-0.25, -0.2) is 13.6 Å². The molecule has 0 unspecified atom stereocenters. The van der Waals surface area contributed by atoms with Crippen molar-refractivity contribution in [3.8, 4) is 0 Å². The number of amides is 2. The second kappa shape index (κ2) is 6.15. The molecule has 2 saturated heterocycles. The van der Waals surface area contributed by atoms with Gasteiger partial charge in [0.2, 0.25) is 15.9 Å². The van der Waals surface area contributed by atoms with Gasteiger partial charge in [0.05, 0.1) is 4.90 Å². The third-order valence-corrected chi connectivity index (χ3v) is 5.46. The van der Waals surface area contributed by atoms with E-state index in [0.717, 1.165) is 6.54 Å². The van der Waals surface area contributed by atoms with Crippen molar-refractivity contribution in [2.24, 2.45) is 5.14 Å². The van der Waals surface area contributed by atoms with E-state index in [1.54, 1.807) is 17.9 Å². The van der Waals surface area contributed by atoms with E-state index in [0.29, 0.717) is 37.3 Å². The Morgan fingerprint density at radius 2 is 2.04 bits per heavy atom. The van der Waals surface area contributed by atoms with Gasteiger partial charge in [-0.05, 0) is 24.6 Å². The van der Waals surface area contributed by atoms with Gasteiger partial charge in [0, 0.05) is 38.3 Å². The smallest absolute Gasteiger partial charge is 0.254 e. The van der Waals surface area contributed by atoms with Crippen molar-refractivity contribution >= 4 is 21.8 Å². The zero-order valence-electron chi connectivity index (χ0n) is 13.4. The second-order valence-corrected chi connectivity index (χ2v) is 7.68. The number of primary sulfonamides is 1. The van der Waals surface area contributed by atoms with Gasteiger partial charge in [-0.1, -0.05) is 6.07 Å². The summed E-state index contributed by atoms with van der Waals surface area (Å²) >= 11 is 0. The van der Waals surface area contributed by atoms with E-state index in [1.807, 2.05) is 0 Å². The lowest BCUT2D eigenvalue weighted by Gasteiger charge is -2.43. The Morgan fingerprint density at radius 1 is 1.29 bits per heavy atom. The number of carbonyl (C=O) groups excluding carboxylic acids is 2. The molecule has 9 heteroatoms. The highest BCUT2D eigenvalue weighted by Crippen LogP contribution is 2.19. The van der Waals surface area contributed by atoms with E-state index in [9.17, 15) is 18.0 Å². The fraction of sp³-hybridized carbons (Fsp3) is 0.467. The minimum absolute atomic E-state index is 0.0752. The van der Waals surface area contributed by atoms with Crippen molar-refractivity contribution in [2.75, 3.05) is 32.7 Å². The van der Waals surface area contributed by atoms with Crippen LogP contribution in [0.3, 0.4) is 0 Å². The van der Waals surface area contributed by atoms with E-state index in [1.165, 1.54) is 12.1 Å². The summed E-state index contributed by atoms with van der Waals surface area (Å²) in [6.45, 7) is 4.56. The summed E-state index contributed by atoms with van der Waals surface area (Å²) in [7, 11) is -3.88. The Kier molecular flexibility index (Phi) is 4.33. The van der Waals surface area contributed by atoms with Gasteiger partial charge in [-0.2, -0.15) is 0 Å². The molecule has 0 spiro atoms. The van der Waals surface area contributed by atoms with E-state index in [4.69, 9.17) is 5.14 Å². The number of aryl methyl sites for hydroxylation is 1. The first kappa shape index (κ1) is 16.9. The summed E-state index contributed by atoms with van der Waals surface area (Å²) in [4.78, 5) is 28.4. The molecule has 3 rings (SSSR count). The first-order chi connectivity index (χ1) is 11.3. The predicted molar refractivity (Wildman–Crippen MR) is 86.8 cm³/mol. The Hall–Kier alpha value is -1.97. The molecule has 0 saturated carbocycles. The van der Waals surface area contributed by atoms with E-state index in [-0.39, 0.29) is 22.8 Å². The summed E-state index contributed by atoms with van der Waals surface area (Å²) in [6, 6.07) is 3.91. The largest absolute Gasteiger partial charge is 0.353 e. The zero-order chi connectivity index (χ0) is 17.5. The number of hydrogen-bond donors (Lipinski definition) is 2. The highest BCUT2D eigenvalue weighted by atomic mass is 32.2. The normalized spacial score (nSPS) is 22.0. The van der Waals surface area contributed by atoms with Crippen molar-refractivity contribution in [2.45, 2.75) is 17.9 Å². The van der Waals surface area contributed by atoms with Crippen LogP contribution in [0.5, 0.6) is 0 Å². The molecule has 1 aromatic carbocycles. The maximum Gasteiger partial charge on any atom is 0.254 e. The van der Waals surface area contributed by atoms with E-state index < -0.39 is 10.0 Å². The molecule has 130 valence electrons. The maximum absolute atomic E-state index is 12.8. The Labute approximate surface area is 140 Å². The molecule has 0 bridgehead atoms. The monoisotopic (exact) mass is 352 g/mol. The van der Waals surface area contributed by atoms with Crippen LogP contribution in [0, 0.1) is 6.92 Å². The number of rotatable bonds is 2. The molecule has 2 fully saturated rings. The van der Waals surface area contributed by atoms with Crippen LogP contribution in [0.1, 0.15) is 15.9 Å². The Bertz CT molecular complexity index is 793. The fourth-order valence-electron chi connectivity index (χ4n) is 3.14. The first-order valence-corrected chi connectivity index (χ1v) is 9.26. The molecule has 2 amide bonds. The van der Waals surface area contributed by atoms with Crippen LogP contribution < -0.4 is 10.5 Å². The topological polar surface area (TPSA) is 113 Å². The molecule has 8 nitrogen and oxygen atoms in total. The number of nitrogens with two attached hydrogens (primary N) is 1. The van der Waals surface area contributed by atoms with Gasteiger partial charge in [0.25, 0.3) is 5.91 Å². The lowest BCUT2D eigenvalue weighted by molar-refractivity contribution is -0.131. The standard InChI is InChI=1S/C15H20N4O4S/c1-10-2-3-11(24(16,22)23)8-12(10)15(21)19-7-6-18-5-4-17-14(20)13(18)9-19/h2-3,8,13H,4-7,9H2,1H3,(H,17,20)(H2,16,22,23)/t13-/m1/s1. The van der Waals surface area contributed by atoms with Crippen molar-refractivity contribution < 1.29 is 18.0 Å². The van der Waals surface area contributed by atoms with Gasteiger partial charge >= 0.3 is 0 Å². The van der Waals surface area contributed by atoms with Crippen LogP contribution in [-0.4, -0.2) is 68.8 Å². The molecule has 2 heterocycles. The van der Waals surface area contributed by atoms with Crippen LogP contribution in [0.2, 0.25) is 0 Å².